The van der Waals surface area contributed by atoms with Gasteiger partial charge < -0.3 is 10.3 Å². The summed E-state index contributed by atoms with van der Waals surface area (Å²) in [6.07, 6.45) is 1.00. The van der Waals surface area contributed by atoms with Gasteiger partial charge >= 0.3 is 0 Å². The van der Waals surface area contributed by atoms with Crippen molar-refractivity contribution in [3.63, 3.8) is 0 Å². The molecule has 1 aliphatic rings. The van der Waals surface area contributed by atoms with Gasteiger partial charge in [0.15, 0.2) is 0 Å². The molecule has 2 aromatic rings. The molecule has 0 bridgehead atoms. The van der Waals surface area contributed by atoms with E-state index in [1.165, 1.54) is 16.2 Å². The third-order valence-corrected chi connectivity index (χ3v) is 4.99. The molecule has 0 aliphatic carbocycles. The van der Waals surface area contributed by atoms with Gasteiger partial charge in [0.1, 0.15) is 10.5 Å². The molecule has 1 aromatic heterocycles. The number of fused-ring (bicyclic) bond motifs is 1. The van der Waals surface area contributed by atoms with Crippen molar-refractivity contribution in [2.45, 2.75) is 30.5 Å². The fraction of sp³-hybridized carbons (Fsp3) is 0.333. The van der Waals surface area contributed by atoms with Crippen LogP contribution in [0.15, 0.2) is 29.2 Å². The Bertz CT molecular complexity index is 679. The van der Waals surface area contributed by atoms with E-state index in [1.807, 2.05) is 0 Å². The van der Waals surface area contributed by atoms with Crippen molar-refractivity contribution in [1.29, 1.82) is 0 Å². The molecule has 0 atom stereocenters. The summed E-state index contributed by atoms with van der Waals surface area (Å²) in [5.74, 6) is 1.80. The third-order valence-electron chi connectivity index (χ3n) is 3.47. The van der Waals surface area contributed by atoms with Crippen LogP contribution in [-0.4, -0.2) is 16.5 Å². The van der Waals surface area contributed by atoms with Crippen LogP contribution in [0.25, 0.3) is 0 Å². The van der Waals surface area contributed by atoms with Crippen molar-refractivity contribution < 1.29 is 0 Å². The molecule has 2 N–H and O–H groups in total. The highest BCUT2D eigenvalue weighted by Crippen LogP contribution is 2.25. The number of aromatic amines is 1. The average molecular weight is 303 g/mol. The normalized spacial score (nSPS) is 14.1. The van der Waals surface area contributed by atoms with E-state index >= 15 is 0 Å². The van der Waals surface area contributed by atoms with E-state index in [1.54, 1.807) is 11.8 Å². The summed E-state index contributed by atoms with van der Waals surface area (Å²) in [6.45, 7) is 3.98. The maximum Gasteiger partial charge on any atom is 0.134 e. The van der Waals surface area contributed by atoms with Crippen molar-refractivity contribution in [3.8, 4) is 0 Å². The smallest absolute Gasteiger partial charge is 0.134 e. The molecule has 3 rings (SSSR count). The predicted molar refractivity (Wildman–Crippen MR) is 85.6 cm³/mol. The van der Waals surface area contributed by atoms with Crippen LogP contribution in [0.4, 0.5) is 0 Å². The fourth-order valence-electron chi connectivity index (χ4n) is 2.35. The van der Waals surface area contributed by atoms with Gasteiger partial charge in [-0.05, 0) is 18.6 Å². The lowest BCUT2D eigenvalue weighted by Gasteiger charge is -2.17. The summed E-state index contributed by atoms with van der Waals surface area (Å²) in [4.78, 5) is 9.29. The Morgan fingerprint density at radius 2 is 2.20 bits per heavy atom. The first kappa shape index (κ1) is 13.8. The minimum Gasteiger partial charge on any atom is -0.346 e. The van der Waals surface area contributed by atoms with E-state index in [0.717, 1.165) is 41.3 Å². The average Bonchev–Trinajstić information content (AvgIpc) is 2.46. The molecule has 0 unspecified atom stereocenters. The molecule has 3 nitrogen and oxygen atoms in total. The first-order valence-corrected chi connectivity index (χ1v) is 8.13. The molecular weight excluding hydrogens is 286 g/mol. The number of nitrogens with one attached hydrogen (secondary N) is 2. The number of benzene rings is 1. The van der Waals surface area contributed by atoms with E-state index < -0.39 is 0 Å². The van der Waals surface area contributed by atoms with Crippen molar-refractivity contribution >= 4 is 24.0 Å². The topological polar surface area (TPSA) is 40.7 Å². The monoisotopic (exact) mass is 303 g/mol. The van der Waals surface area contributed by atoms with Gasteiger partial charge in [-0.1, -0.05) is 30.4 Å². The quantitative estimate of drug-likeness (QED) is 0.673. The number of thioether (sulfide) groups is 1. The van der Waals surface area contributed by atoms with Crippen LogP contribution < -0.4 is 5.32 Å². The Hall–Kier alpha value is -1.17. The minimum atomic E-state index is 0.742. The van der Waals surface area contributed by atoms with Crippen LogP contribution in [0.3, 0.4) is 0 Å². The lowest BCUT2D eigenvalue weighted by molar-refractivity contribution is 0.620. The van der Waals surface area contributed by atoms with Crippen molar-refractivity contribution in [3.05, 3.63) is 51.6 Å². The van der Waals surface area contributed by atoms with Crippen LogP contribution in [0.5, 0.6) is 0 Å². The molecule has 104 valence electrons. The van der Waals surface area contributed by atoms with E-state index in [4.69, 9.17) is 12.2 Å². The summed E-state index contributed by atoms with van der Waals surface area (Å²) in [5.41, 5.74) is 3.72. The molecule has 0 saturated heterocycles. The molecule has 5 heteroatoms. The first-order valence-electron chi connectivity index (χ1n) is 6.74. The van der Waals surface area contributed by atoms with Crippen molar-refractivity contribution in [2.75, 3.05) is 6.54 Å². The Kier molecular flexibility index (Phi) is 4.19. The molecular formula is C15H17N3S2. The second-order valence-electron chi connectivity index (χ2n) is 4.93. The molecule has 0 spiro atoms. The number of aromatic nitrogens is 2. The first-order chi connectivity index (χ1) is 9.74. The molecule has 0 radical (unpaired) electrons. The van der Waals surface area contributed by atoms with E-state index in [0.29, 0.717) is 0 Å². The Balaban J connectivity index is 1.80. The van der Waals surface area contributed by atoms with E-state index in [2.05, 4.69) is 46.5 Å². The number of nitrogens with zero attached hydrogens (tertiary/aromatic N) is 1. The molecule has 0 fully saturated rings. The Morgan fingerprint density at radius 3 is 3.05 bits per heavy atom. The second kappa shape index (κ2) is 6.08. The van der Waals surface area contributed by atoms with Crippen LogP contribution in [0, 0.1) is 11.6 Å². The van der Waals surface area contributed by atoms with E-state index in [9.17, 15) is 0 Å². The van der Waals surface area contributed by atoms with Crippen LogP contribution in [0.1, 0.15) is 22.6 Å². The molecule has 1 aliphatic heterocycles. The number of aryl methyl sites for hydroxylation is 1. The Labute approximate surface area is 128 Å². The van der Waals surface area contributed by atoms with Gasteiger partial charge in [0.2, 0.25) is 0 Å². The van der Waals surface area contributed by atoms with Gasteiger partial charge in [-0.2, -0.15) is 0 Å². The summed E-state index contributed by atoms with van der Waals surface area (Å²) < 4.78 is 0.742. The van der Waals surface area contributed by atoms with Crippen LogP contribution >= 0.6 is 24.0 Å². The van der Waals surface area contributed by atoms with Gasteiger partial charge in [-0.25, -0.2) is 4.98 Å². The van der Waals surface area contributed by atoms with Crippen molar-refractivity contribution in [2.24, 2.45) is 0 Å². The summed E-state index contributed by atoms with van der Waals surface area (Å²) in [5, 5.41) is 3.33. The third kappa shape index (κ3) is 2.95. The minimum absolute atomic E-state index is 0.742. The predicted octanol–water partition coefficient (Wildman–Crippen LogP) is 3.39. The van der Waals surface area contributed by atoms with Gasteiger partial charge in [-0.3, -0.25) is 0 Å². The maximum absolute atomic E-state index is 5.40. The number of hydrogen-bond acceptors (Lipinski definition) is 4. The van der Waals surface area contributed by atoms with Crippen molar-refractivity contribution in [1.82, 2.24) is 15.3 Å². The second-order valence-corrected chi connectivity index (χ2v) is 6.33. The Morgan fingerprint density at radius 1 is 1.35 bits per heavy atom. The van der Waals surface area contributed by atoms with E-state index in [-0.39, 0.29) is 0 Å². The lowest BCUT2D eigenvalue weighted by atomic mass is 10.1. The van der Waals surface area contributed by atoms with Gasteiger partial charge in [-0.15, -0.1) is 11.8 Å². The van der Waals surface area contributed by atoms with Gasteiger partial charge in [0.05, 0.1) is 5.75 Å². The molecule has 20 heavy (non-hydrogen) atoms. The number of hydrogen-bond donors (Lipinski definition) is 2. The summed E-state index contributed by atoms with van der Waals surface area (Å²) in [6, 6.07) is 8.42. The van der Waals surface area contributed by atoms with Crippen LogP contribution in [-0.2, 0) is 18.7 Å². The highest BCUT2D eigenvalue weighted by molar-refractivity contribution is 7.98. The number of H-pyrrole nitrogens is 1. The number of rotatable bonds is 3. The zero-order valence-corrected chi connectivity index (χ0v) is 13.0. The summed E-state index contributed by atoms with van der Waals surface area (Å²) in [7, 11) is 0. The lowest BCUT2D eigenvalue weighted by Crippen LogP contribution is -2.25. The summed E-state index contributed by atoms with van der Waals surface area (Å²) >= 11 is 7.21. The van der Waals surface area contributed by atoms with Gasteiger partial charge in [0.25, 0.3) is 0 Å². The highest BCUT2D eigenvalue weighted by Gasteiger charge is 2.12. The zero-order chi connectivity index (χ0) is 13.9. The highest BCUT2D eigenvalue weighted by atomic mass is 32.2. The fourth-order valence-corrected chi connectivity index (χ4v) is 3.56. The SMILES string of the molecule is Cc1ccccc1SCc1nc(=S)c2c([nH]1)CCNC2. The zero-order valence-electron chi connectivity index (χ0n) is 11.4. The maximum atomic E-state index is 5.40. The standard InChI is InChI=1S/C15H17N3S2/c1-10-4-2-3-5-13(10)20-9-14-17-12-6-7-16-8-11(12)15(19)18-14/h2-5,16H,6-9H2,1H3,(H,17,18,19). The van der Waals surface area contributed by atoms with Crippen LogP contribution in [0.2, 0.25) is 0 Å². The molecule has 1 aromatic carbocycles. The van der Waals surface area contributed by atoms with Gasteiger partial charge in [0, 0.05) is 35.7 Å². The molecule has 0 saturated carbocycles. The largest absolute Gasteiger partial charge is 0.346 e. The molecule has 0 amide bonds. The molecule has 2 heterocycles.